The Kier molecular flexibility index (Phi) is 7.34. The molecular weight excluding hydrogens is 507 g/mol. The smallest absolute Gasteiger partial charge is 0.266 e. The van der Waals surface area contributed by atoms with Gasteiger partial charge in [-0.15, -0.1) is 0 Å². The molecule has 0 radical (unpaired) electrons. The second-order valence-corrected chi connectivity index (χ2v) is 9.61. The van der Waals surface area contributed by atoms with Crippen LogP contribution >= 0.6 is 47.2 Å². The number of carbonyl (C=O) groups is 1. The minimum Gasteiger partial charge on any atom is -0.486 e. The van der Waals surface area contributed by atoms with Gasteiger partial charge in [0.05, 0.1) is 21.5 Å². The third kappa shape index (κ3) is 5.73. The molecule has 9 heteroatoms. The molecule has 1 amide bonds. The standard InChI is InChI=1S/C24H15Cl2F2NO2S2/c25-19-9-16(10-20(26)22(19)31-13-15-3-7-18(28)8-4-15)11-21-23(30)29(24(32)33-21)12-14-1-5-17(27)6-2-14/h1-11H,12-13H2/b21-11-. The molecule has 0 unspecified atom stereocenters. The largest absolute Gasteiger partial charge is 0.486 e. The summed E-state index contributed by atoms with van der Waals surface area (Å²) < 4.78 is 32.3. The number of thioether (sulfide) groups is 1. The Balaban J connectivity index is 1.49. The molecule has 1 aliphatic rings. The molecule has 4 rings (SSSR count). The fourth-order valence-corrected chi connectivity index (χ4v) is 4.97. The molecule has 1 fully saturated rings. The first-order valence-electron chi connectivity index (χ1n) is 9.66. The lowest BCUT2D eigenvalue weighted by Crippen LogP contribution is -2.27. The van der Waals surface area contributed by atoms with Gasteiger partial charge in [-0.2, -0.15) is 0 Å². The van der Waals surface area contributed by atoms with E-state index in [2.05, 4.69) is 0 Å². The minimum atomic E-state index is -0.345. The Morgan fingerprint density at radius 2 is 1.48 bits per heavy atom. The maximum Gasteiger partial charge on any atom is 0.266 e. The predicted octanol–water partition coefficient (Wildman–Crippen LogP) is 7.25. The molecule has 1 saturated heterocycles. The van der Waals surface area contributed by atoms with Gasteiger partial charge in [-0.3, -0.25) is 9.69 Å². The summed E-state index contributed by atoms with van der Waals surface area (Å²) >= 11 is 19.3. The molecule has 3 aromatic rings. The topological polar surface area (TPSA) is 29.5 Å². The van der Waals surface area contributed by atoms with Gasteiger partial charge in [0.2, 0.25) is 0 Å². The highest BCUT2D eigenvalue weighted by atomic mass is 35.5. The van der Waals surface area contributed by atoms with Crippen molar-refractivity contribution in [2.45, 2.75) is 13.2 Å². The highest BCUT2D eigenvalue weighted by Gasteiger charge is 2.32. The summed E-state index contributed by atoms with van der Waals surface area (Å²) in [7, 11) is 0. The lowest BCUT2D eigenvalue weighted by molar-refractivity contribution is -0.122. The lowest BCUT2D eigenvalue weighted by atomic mass is 10.2. The number of nitrogens with zero attached hydrogens (tertiary/aromatic N) is 1. The molecule has 0 N–H and O–H groups in total. The fourth-order valence-electron chi connectivity index (χ4n) is 3.10. The maximum atomic E-state index is 13.1. The molecule has 168 valence electrons. The number of hydrogen-bond acceptors (Lipinski definition) is 4. The van der Waals surface area contributed by atoms with Crippen LogP contribution in [0.15, 0.2) is 65.6 Å². The number of amides is 1. The zero-order valence-electron chi connectivity index (χ0n) is 16.9. The highest BCUT2D eigenvalue weighted by Crippen LogP contribution is 2.38. The number of thiocarbonyl (C=S) groups is 1. The Morgan fingerprint density at radius 1 is 0.939 bits per heavy atom. The monoisotopic (exact) mass is 521 g/mol. The summed E-state index contributed by atoms with van der Waals surface area (Å²) in [4.78, 5) is 14.8. The van der Waals surface area contributed by atoms with Crippen molar-refractivity contribution in [1.82, 2.24) is 4.90 Å². The molecule has 0 atom stereocenters. The fraction of sp³-hybridized carbons (Fsp3) is 0.0833. The molecule has 1 heterocycles. The molecule has 3 aromatic carbocycles. The van der Waals surface area contributed by atoms with Crippen LogP contribution in [-0.2, 0) is 17.9 Å². The summed E-state index contributed by atoms with van der Waals surface area (Å²) in [6.45, 7) is 0.418. The van der Waals surface area contributed by atoms with Gasteiger partial charge < -0.3 is 4.74 Å². The first-order chi connectivity index (χ1) is 15.8. The van der Waals surface area contributed by atoms with E-state index in [0.717, 1.165) is 11.1 Å². The van der Waals surface area contributed by atoms with Crippen LogP contribution in [-0.4, -0.2) is 15.1 Å². The molecule has 3 nitrogen and oxygen atoms in total. The SMILES string of the molecule is O=C1/C(=C/c2cc(Cl)c(OCc3ccc(F)cc3)c(Cl)c2)SC(=S)N1Cc1ccc(F)cc1. The second kappa shape index (κ2) is 10.2. The molecule has 1 aliphatic heterocycles. The normalized spacial score (nSPS) is 14.9. The first-order valence-corrected chi connectivity index (χ1v) is 11.6. The Labute approximate surface area is 208 Å². The van der Waals surface area contributed by atoms with Gasteiger partial charge in [-0.1, -0.05) is 71.4 Å². The van der Waals surface area contributed by atoms with Crippen LogP contribution < -0.4 is 4.74 Å². The maximum absolute atomic E-state index is 13.1. The van der Waals surface area contributed by atoms with Crippen molar-refractivity contribution in [2.75, 3.05) is 0 Å². The van der Waals surface area contributed by atoms with Crippen LogP contribution in [0.25, 0.3) is 6.08 Å². The van der Waals surface area contributed by atoms with E-state index in [-0.39, 0.29) is 40.7 Å². The third-order valence-corrected chi connectivity index (χ3v) is 6.68. The molecule has 0 aliphatic carbocycles. The number of rotatable bonds is 6. The van der Waals surface area contributed by atoms with Crippen LogP contribution in [0.1, 0.15) is 16.7 Å². The summed E-state index contributed by atoms with van der Waals surface area (Å²) in [6.07, 6.45) is 1.66. The number of hydrogen-bond donors (Lipinski definition) is 0. The number of benzene rings is 3. The average molecular weight is 522 g/mol. The Hall–Kier alpha value is -2.45. The van der Waals surface area contributed by atoms with Crippen LogP contribution in [0.5, 0.6) is 5.75 Å². The van der Waals surface area contributed by atoms with Crippen LogP contribution in [0.2, 0.25) is 10.0 Å². The summed E-state index contributed by atoms with van der Waals surface area (Å²) in [5, 5.41) is 0.551. The van der Waals surface area contributed by atoms with Crippen molar-refractivity contribution in [3.63, 3.8) is 0 Å². The second-order valence-electron chi connectivity index (χ2n) is 7.12. The average Bonchev–Trinajstić information content (AvgIpc) is 3.03. The van der Waals surface area contributed by atoms with Crippen LogP contribution in [0, 0.1) is 11.6 Å². The van der Waals surface area contributed by atoms with Crippen molar-refractivity contribution in [3.05, 3.63) is 104 Å². The van der Waals surface area contributed by atoms with E-state index in [9.17, 15) is 13.6 Å². The van der Waals surface area contributed by atoms with Gasteiger partial charge in [-0.25, -0.2) is 8.78 Å². The number of halogens is 4. The van der Waals surface area contributed by atoms with Gasteiger partial charge in [0.15, 0.2) is 5.75 Å². The van der Waals surface area contributed by atoms with Gasteiger partial charge in [0.25, 0.3) is 5.91 Å². The van der Waals surface area contributed by atoms with E-state index >= 15 is 0 Å². The quantitative estimate of drug-likeness (QED) is 0.252. The van der Waals surface area contributed by atoms with Crippen molar-refractivity contribution in [1.29, 1.82) is 0 Å². The summed E-state index contributed by atoms with van der Waals surface area (Å²) in [5.74, 6) is -0.632. The third-order valence-electron chi connectivity index (χ3n) is 4.74. The predicted molar refractivity (Wildman–Crippen MR) is 132 cm³/mol. The summed E-state index contributed by atoms with van der Waals surface area (Å²) in [6, 6.07) is 15.1. The number of ether oxygens (including phenoxy) is 1. The number of carbonyl (C=O) groups excluding carboxylic acids is 1. The van der Waals surface area contributed by atoms with Gasteiger partial charge in [-0.05, 0) is 59.2 Å². The zero-order chi connectivity index (χ0) is 23.5. The van der Waals surface area contributed by atoms with Gasteiger partial charge >= 0.3 is 0 Å². The van der Waals surface area contributed by atoms with E-state index in [1.807, 2.05) is 0 Å². The van der Waals surface area contributed by atoms with E-state index < -0.39 is 0 Å². The molecule has 0 aromatic heterocycles. The molecular formula is C24H15Cl2F2NO2S2. The van der Waals surface area contributed by atoms with Crippen molar-refractivity contribution < 1.29 is 18.3 Å². The van der Waals surface area contributed by atoms with E-state index in [4.69, 9.17) is 40.2 Å². The van der Waals surface area contributed by atoms with Crippen molar-refractivity contribution >= 4 is 63.5 Å². The van der Waals surface area contributed by atoms with E-state index in [0.29, 0.717) is 20.5 Å². The Morgan fingerprint density at radius 3 is 2.06 bits per heavy atom. The highest BCUT2D eigenvalue weighted by molar-refractivity contribution is 8.26. The molecule has 33 heavy (non-hydrogen) atoms. The van der Waals surface area contributed by atoms with Crippen molar-refractivity contribution in [3.8, 4) is 5.75 Å². The van der Waals surface area contributed by atoms with Crippen LogP contribution in [0.3, 0.4) is 0 Å². The lowest BCUT2D eigenvalue weighted by Gasteiger charge is -2.14. The van der Waals surface area contributed by atoms with E-state index in [1.54, 1.807) is 42.5 Å². The molecule has 0 bridgehead atoms. The summed E-state index contributed by atoms with van der Waals surface area (Å²) in [5.41, 5.74) is 2.14. The van der Waals surface area contributed by atoms with Crippen LogP contribution in [0.4, 0.5) is 8.78 Å². The van der Waals surface area contributed by atoms with Gasteiger partial charge in [0, 0.05) is 0 Å². The first kappa shape index (κ1) is 23.7. The van der Waals surface area contributed by atoms with E-state index in [1.165, 1.54) is 40.9 Å². The zero-order valence-corrected chi connectivity index (χ0v) is 20.0. The van der Waals surface area contributed by atoms with Gasteiger partial charge in [0.1, 0.15) is 22.6 Å². The Bertz CT molecular complexity index is 1230. The molecule has 0 saturated carbocycles. The minimum absolute atomic E-state index is 0.168. The van der Waals surface area contributed by atoms with Crippen molar-refractivity contribution in [2.24, 2.45) is 0 Å². The molecule has 0 spiro atoms.